The Balaban J connectivity index is 1.19. The number of ether oxygens (including phenoxy) is 2. The molecule has 4 heterocycles. The Morgan fingerprint density at radius 1 is 1.16 bits per heavy atom. The van der Waals surface area contributed by atoms with Gasteiger partial charge in [-0.1, -0.05) is 32.4 Å². The molecule has 0 bridgehead atoms. The summed E-state index contributed by atoms with van der Waals surface area (Å²) in [5.41, 5.74) is 0.900. The van der Waals surface area contributed by atoms with Crippen molar-refractivity contribution >= 4 is 55.5 Å². The Morgan fingerprint density at radius 2 is 1.96 bits per heavy atom. The van der Waals surface area contributed by atoms with Gasteiger partial charge >= 0.3 is 0 Å². The molecule has 3 aliphatic heterocycles. The number of fused-ring (bicyclic) bond motifs is 3. The summed E-state index contributed by atoms with van der Waals surface area (Å²) in [5, 5.41) is 3.98. The molecule has 12 nitrogen and oxygen atoms in total. The van der Waals surface area contributed by atoms with Crippen molar-refractivity contribution < 1.29 is 32.3 Å². The Morgan fingerprint density at radius 3 is 2.69 bits per heavy atom. The summed E-state index contributed by atoms with van der Waals surface area (Å²) < 4.78 is 40.1. The number of methoxy groups -OCH3 is 1. The van der Waals surface area contributed by atoms with Crippen LogP contribution in [0.25, 0.3) is 10.9 Å². The van der Waals surface area contributed by atoms with Crippen LogP contribution in [0.1, 0.15) is 82.9 Å². The lowest BCUT2D eigenvalue weighted by Crippen LogP contribution is -2.56. The lowest BCUT2D eigenvalue weighted by molar-refractivity contribution is -0.139. The van der Waals surface area contributed by atoms with Gasteiger partial charge in [-0.15, -0.1) is 11.8 Å². The molecule has 274 valence electrons. The molecular weight excluding hydrogens is 691 g/mol. The van der Waals surface area contributed by atoms with Gasteiger partial charge in [-0.2, -0.15) is 0 Å². The lowest BCUT2D eigenvalue weighted by Gasteiger charge is -2.26. The van der Waals surface area contributed by atoms with Gasteiger partial charge in [0.2, 0.25) is 21.8 Å². The number of thioether (sulfide) groups is 1. The van der Waals surface area contributed by atoms with Crippen LogP contribution in [0.3, 0.4) is 0 Å². The minimum Gasteiger partial charge on any atom is -0.496 e. The van der Waals surface area contributed by atoms with Crippen molar-refractivity contribution in [1.29, 1.82) is 0 Å². The first-order valence-electron chi connectivity index (χ1n) is 18.1. The number of rotatable bonds is 8. The smallest absolute Gasteiger partial charge is 0.259 e. The first kappa shape index (κ1) is 35.7. The molecule has 2 aromatic rings. The van der Waals surface area contributed by atoms with Gasteiger partial charge in [0.1, 0.15) is 34.2 Å². The van der Waals surface area contributed by atoms with E-state index < -0.39 is 44.8 Å². The van der Waals surface area contributed by atoms with E-state index in [1.54, 1.807) is 23.8 Å². The third-order valence-corrected chi connectivity index (χ3v) is 13.7. The van der Waals surface area contributed by atoms with Gasteiger partial charge in [0.05, 0.1) is 36.2 Å². The number of amides is 3. The van der Waals surface area contributed by atoms with Gasteiger partial charge in [-0.3, -0.25) is 24.1 Å². The highest BCUT2D eigenvalue weighted by atomic mass is 32.2. The van der Waals surface area contributed by atoms with Crippen LogP contribution in [0.5, 0.6) is 11.5 Å². The molecule has 3 fully saturated rings. The van der Waals surface area contributed by atoms with Crippen molar-refractivity contribution in [2.24, 2.45) is 16.8 Å². The second-order valence-corrected chi connectivity index (χ2v) is 17.8. The van der Waals surface area contributed by atoms with E-state index in [0.29, 0.717) is 48.8 Å². The highest BCUT2D eigenvalue weighted by Crippen LogP contribution is 2.46. The van der Waals surface area contributed by atoms with Crippen LogP contribution in [0, 0.1) is 18.8 Å². The van der Waals surface area contributed by atoms with Crippen molar-refractivity contribution in [3.8, 4) is 11.5 Å². The maximum absolute atomic E-state index is 14.2. The van der Waals surface area contributed by atoms with Crippen molar-refractivity contribution in [2.45, 2.75) is 108 Å². The van der Waals surface area contributed by atoms with E-state index in [9.17, 15) is 22.8 Å². The zero-order chi connectivity index (χ0) is 36.1. The van der Waals surface area contributed by atoms with E-state index >= 15 is 0 Å². The third kappa shape index (κ3) is 7.22. The predicted molar refractivity (Wildman–Crippen MR) is 196 cm³/mol. The average molecular weight is 738 g/mol. The van der Waals surface area contributed by atoms with Gasteiger partial charge in [-0.05, 0) is 63.5 Å². The van der Waals surface area contributed by atoms with Gasteiger partial charge in [0, 0.05) is 41.5 Å². The molecule has 2 N–H and O–H groups in total. The number of sulfonamides is 1. The van der Waals surface area contributed by atoms with Crippen LogP contribution in [0.4, 0.5) is 0 Å². The molecule has 5 aliphatic rings. The molecular formula is C37H47N5O7S2. The van der Waals surface area contributed by atoms with E-state index in [0.717, 1.165) is 46.5 Å². The molecule has 2 aliphatic carbocycles. The normalized spacial score (nSPS) is 29.1. The topological polar surface area (TPSA) is 156 Å². The third-order valence-electron chi connectivity index (χ3n) is 10.8. The van der Waals surface area contributed by atoms with Crippen molar-refractivity contribution in [2.75, 3.05) is 19.4 Å². The van der Waals surface area contributed by atoms with Crippen LogP contribution in [0.15, 0.2) is 35.3 Å². The van der Waals surface area contributed by atoms with E-state index in [4.69, 9.17) is 19.5 Å². The molecule has 5 atom stereocenters. The maximum Gasteiger partial charge on any atom is 0.259 e. The predicted octanol–water partition coefficient (Wildman–Crippen LogP) is 4.42. The zero-order valence-electron chi connectivity index (χ0n) is 29.6. The van der Waals surface area contributed by atoms with Crippen molar-refractivity contribution in [3.63, 3.8) is 0 Å². The summed E-state index contributed by atoms with van der Waals surface area (Å²) in [6.07, 6.45) is 8.40. The molecule has 1 aromatic carbocycles. The Kier molecular flexibility index (Phi) is 9.85. The van der Waals surface area contributed by atoms with Crippen LogP contribution < -0.4 is 19.5 Å². The van der Waals surface area contributed by atoms with Crippen LogP contribution in [0.2, 0.25) is 0 Å². The number of aryl methyl sites for hydroxylation is 1. The summed E-state index contributed by atoms with van der Waals surface area (Å²) in [6.45, 7) is 6.46. The molecule has 7 rings (SSSR count). The highest BCUT2D eigenvalue weighted by molar-refractivity contribution is 8.14. The van der Waals surface area contributed by atoms with Crippen LogP contribution in [-0.4, -0.2) is 89.5 Å². The number of pyridine rings is 1. The molecule has 51 heavy (non-hydrogen) atoms. The first-order chi connectivity index (χ1) is 24.4. The van der Waals surface area contributed by atoms with Gasteiger partial charge in [0.15, 0.2) is 0 Å². The van der Waals surface area contributed by atoms with Crippen molar-refractivity contribution in [3.05, 3.63) is 41.6 Å². The van der Waals surface area contributed by atoms with E-state index in [-0.39, 0.29) is 37.3 Å². The van der Waals surface area contributed by atoms with Gasteiger partial charge in [-0.25, -0.2) is 13.4 Å². The monoisotopic (exact) mass is 737 g/mol. The van der Waals surface area contributed by atoms with Crippen molar-refractivity contribution in [1.82, 2.24) is 19.9 Å². The zero-order valence-corrected chi connectivity index (χ0v) is 31.3. The number of nitrogens with one attached hydrogen (secondary N) is 2. The molecule has 3 amide bonds. The molecule has 0 radical (unpaired) electrons. The number of aliphatic imine (C=N–C) groups is 1. The fourth-order valence-electron chi connectivity index (χ4n) is 7.35. The summed E-state index contributed by atoms with van der Waals surface area (Å²) in [6, 6.07) is 4.99. The molecule has 0 spiro atoms. The Bertz CT molecular complexity index is 1910. The second kappa shape index (κ2) is 14.1. The second-order valence-electron chi connectivity index (χ2n) is 14.9. The first-order valence-corrected chi connectivity index (χ1v) is 20.6. The Labute approximate surface area is 303 Å². The number of nitrogens with zero attached hydrogens (tertiary/aromatic N) is 3. The van der Waals surface area contributed by atoms with E-state index in [1.807, 2.05) is 37.3 Å². The average Bonchev–Trinajstić information content (AvgIpc) is 3.97. The van der Waals surface area contributed by atoms with E-state index in [2.05, 4.69) is 23.9 Å². The lowest BCUT2D eigenvalue weighted by atomic mass is 10.1. The van der Waals surface area contributed by atoms with Gasteiger partial charge in [0.25, 0.3) is 5.91 Å². The minimum absolute atomic E-state index is 0.145. The number of aromatic nitrogens is 1. The molecule has 1 saturated heterocycles. The van der Waals surface area contributed by atoms with Crippen LogP contribution in [-0.2, 0) is 24.4 Å². The van der Waals surface area contributed by atoms with E-state index in [1.165, 1.54) is 0 Å². The molecule has 1 unspecified atom stereocenters. The summed E-state index contributed by atoms with van der Waals surface area (Å²) in [4.78, 5) is 53.0. The quantitative estimate of drug-likeness (QED) is 0.375. The number of hydrogen-bond acceptors (Lipinski definition) is 10. The van der Waals surface area contributed by atoms with Crippen LogP contribution >= 0.6 is 11.8 Å². The Hall–Kier alpha value is -3.65. The summed E-state index contributed by atoms with van der Waals surface area (Å²) in [5.74, 6) is 0.855. The standard InChI is InChI=1S/C37H47N5O7S2/c1-21(2)28-20-50-35(39-28)27-17-31(26-14-15-30(48-4)22(3)33(26)38-27)49-24-16-29-34(44)40-37(36(45)41-51(46,47)25-12-13-25)18-23(37)10-8-6-5-7-9-11-32(43)42(29)19-24/h8,10,14-15,17,21,23-25,28-29H,5-7,9,11-13,16,18-20H2,1-4H3,(H,40,44)(H,41,45)/b10-8-/t23-,24-,28?,29+,37-/m1/s1. The minimum atomic E-state index is -3.82. The largest absolute Gasteiger partial charge is 0.496 e. The molecule has 2 saturated carbocycles. The summed E-state index contributed by atoms with van der Waals surface area (Å²) in [7, 11) is -2.20. The number of allylic oxidation sites excluding steroid dienone is 1. The number of carbonyl (C=O) groups is 3. The molecule has 14 heteroatoms. The highest BCUT2D eigenvalue weighted by Gasteiger charge is 2.62. The fourth-order valence-corrected chi connectivity index (χ4v) is 9.97. The fraction of sp³-hybridized carbons (Fsp3) is 0.595. The molecule has 1 aromatic heterocycles. The SMILES string of the molecule is COc1ccc2c(O[C@@H]3C[C@H]4C(=O)N[C@]5(C(=O)NS(=O)(=O)C6CC6)C[C@H]5/C=C\CCCCCC(=O)N4C3)cc(C3=NC(C(C)C)CS3)nc2c1C. The number of hydrogen-bond donors (Lipinski definition) is 2. The summed E-state index contributed by atoms with van der Waals surface area (Å²) >= 11 is 1.67. The van der Waals surface area contributed by atoms with Gasteiger partial charge < -0.3 is 19.7 Å². The number of benzene rings is 1. The maximum atomic E-state index is 14.2. The number of carbonyl (C=O) groups excluding carboxylic acids is 3.